The summed E-state index contributed by atoms with van der Waals surface area (Å²) in [6.45, 7) is 2.70. The van der Waals surface area contributed by atoms with Crippen LogP contribution < -0.4 is 4.90 Å². The third-order valence-corrected chi connectivity index (χ3v) is 6.59. The molecule has 4 aromatic rings. The average molecular weight is 456 g/mol. The van der Waals surface area contributed by atoms with E-state index in [1.165, 1.54) is 11.8 Å². The van der Waals surface area contributed by atoms with E-state index in [9.17, 15) is 9.59 Å². The van der Waals surface area contributed by atoms with Gasteiger partial charge in [-0.3, -0.25) is 19.1 Å². The number of hydrogen-bond acceptors (Lipinski definition) is 6. The van der Waals surface area contributed by atoms with Crippen molar-refractivity contribution in [2.75, 3.05) is 17.2 Å². The first-order valence-electron chi connectivity index (χ1n) is 10.6. The summed E-state index contributed by atoms with van der Waals surface area (Å²) in [6.07, 6.45) is 5.04. The van der Waals surface area contributed by atoms with Gasteiger partial charge in [0, 0.05) is 41.4 Å². The second kappa shape index (κ2) is 8.99. The molecule has 0 fully saturated rings. The van der Waals surface area contributed by atoms with Crippen molar-refractivity contribution in [2.24, 2.45) is 0 Å². The number of Topliss-reactive ketones (excluding diaryl/α,β-unsaturated/α-hetero) is 1. The Morgan fingerprint density at radius 1 is 1.06 bits per heavy atom. The van der Waals surface area contributed by atoms with E-state index in [0.717, 1.165) is 40.9 Å². The van der Waals surface area contributed by atoms with Crippen molar-refractivity contribution < 1.29 is 9.59 Å². The van der Waals surface area contributed by atoms with Gasteiger partial charge in [-0.25, -0.2) is 0 Å². The van der Waals surface area contributed by atoms with Gasteiger partial charge in [-0.1, -0.05) is 29.5 Å². The number of amides is 1. The van der Waals surface area contributed by atoms with Gasteiger partial charge in [-0.05, 0) is 61.4 Å². The number of ketones is 1. The van der Waals surface area contributed by atoms with E-state index in [0.29, 0.717) is 23.1 Å². The fraction of sp³-hybridized carbons (Fsp3) is 0.160. The van der Waals surface area contributed by atoms with E-state index in [-0.39, 0.29) is 11.5 Å². The van der Waals surface area contributed by atoms with E-state index >= 15 is 0 Å². The first-order valence-corrected chi connectivity index (χ1v) is 11.6. The summed E-state index contributed by atoms with van der Waals surface area (Å²) in [5, 5.41) is 9.45. The summed E-state index contributed by atoms with van der Waals surface area (Å²) in [5.74, 6) is 0.940. The molecular weight excluding hydrogens is 434 g/mol. The molecule has 0 N–H and O–H groups in total. The predicted octanol–water partition coefficient (Wildman–Crippen LogP) is 4.13. The lowest BCUT2D eigenvalue weighted by atomic mass is 10.1. The van der Waals surface area contributed by atoms with E-state index in [4.69, 9.17) is 0 Å². The van der Waals surface area contributed by atoms with Crippen molar-refractivity contribution in [1.29, 1.82) is 0 Å². The minimum absolute atomic E-state index is 0.0104. The summed E-state index contributed by atoms with van der Waals surface area (Å²) in [6, 6.07) is 17.4. The maximum Gasteiger partial charge on any atom is 0.214 e. The van der Waals surface area contributed by atoms with Gasteiger partial charge in [0.25, 0.3) is 0 Å². The van der Waals surface area contributed by atoms with Gasteiger partial charge >= 0.3 is 0 Å². The second-order valence-electron chi connectivity index (χ2n) is 7.82. The number of carbonyl (C=O) groups excluding carboxylic acids is 2. The number of thioether (sulfide) groups is 1. The average Bonchev–Trinajstić information content (AvgIpc) is 3.47. The van der Waals surface area contributed by atoms with Crippen LogP contribution in [0.2, 0.25) is 0 Å². The van der Waals surface area contributed by atoms with Crippen LogP contribution in [-0.2, 0) is 11.2 Å². The number of pyridine rings is 1. The van der Waals surface area contributed by atoms with Crippen LogP contribution in [0.1, 0.15) is 21.5 Å². The highest BCUT2D eigenvalue weighted by molar-refractivity contribution is 7.99. The highest BCUT2D eigenvalue weighted by atomic mass is 32.2. The molecule has 0 saturated heterocycles. The molecule has 1 aliphatic heterocycles. The second-order valence-corrected chi connectivity index (χ2v) is 8.76. The van der Waals surface area contributed by atoms with Crippen LogP contribution in [0.4, 0.5) is 5.69 Å². The lowest BCUT2D eigenvalue weighted by Gasteiger charge is -2.11. The van der Waals surface area contributed by atoms with Crippen molar-refractivity contribution in [3.05, 3.63) is 83.7 Å². The van der Waals surface area contributed by atoms with Crippen LogP contribution in [-0.4, -0.2) is 44.2 Å². The number of fused-ring (bicyclic) bond motifs is 1. The minimum Gasteiger partial charge on any atom is -0.314 e. The van der Waals surface area contributed by atoms with Crippen LogP contribution in [0.5, 0.6) is 0 Å². The Morgan fingerprint density at radius 2 is 1.85 bits per heavy atom. The number of hydrogen-bond donors (Lipinski definition) is 0. The largest absolute Gasteiger partial charge is 0.314 e. The van der Waals surface area contributed by atoms with Crippen molar-refractivity contribution in [3.8, 4) is 17.1 Å². The molecule has 2 aromatic carbocycles. The highest BCUT2D eigenvalue weighted by Crippen LogP contribution is 2.30. The number of nitrogens with zero attached hydrogens (tertiary/aromatic N) is 5. The number of aromatic nitrogens is 4. The smallest absolute Gasteiger partial charge is 0.214 e. The molecule has 0 aliphatic carbocycles. The monoisotopic (exact) mass is 455 g/mol. The Bertz CT molecular complexity index is 1320. The molecule has 0 atom stereocenters. The fourth-order valence-electron chi connectivity index (χ4n) is 3.90. The third-order valence-electron chi connectivity index (χ3n) is 5.66. The molecule has 1 amide bonds. The summed E-state index contributed by atoms with van der Waals surface area (Å²) >= 11 is 1.36. The van der Waals surface area contributed by atoms with Gasteiger partial charge in [0.1, 0.15) is 0 Å². The molecule has 8 heteroatoms. The van der Waals surface area contributed by atoms with Gasteiger partial charge in [0.05, 0.1) is 5.75 Å². The molecule has 0 radical (unpaired) electrons. The van der Waals surface area contributed by atoms with E-state index < -0.39 is 0 Å². The number of carbonyl (C=O) groups is 2. The SMILES string of the molecule is Cc1ccc(-n2c(SCC(=O)c3ccc4c(c3)CCN4C=O)nnc2-c2ccncc2)cc1. The fourth-order valence-corrected chi connectivity index (χ4v) is 4.75. The quantitative estimate of drug-likeness (QED) is 0.237. The molecule has 0 spiro atoms. The highest BCUT2D eigenvalue weighted by Gasteiger charge is 2.21. The number of anilines is 1. The Kier molecular flexibility index (Phi) is 5.75. The molecule has 0 unspecified atom stereocenters. The van der Waals surface area contributed by atoms with Crippen molar-refractivity contribution in [3.63, 3.8) is 0 Å². The number of aryl methyl sites for hydroxylation is 1. The summed E-state index contributed by atoms with van der Waals surface area (Å²) in [4.78, 5) is 29.9. The third kappa shape index (κ3) is 4.17. The first kappa shape index (κ1) is 21.1. The van der Waals surface area contributed by atoms with Gasteiger partial charge in [0.15, 0.2) is 16.8 Å². The van der Waals surface area contributed by atoms with Crippen LogP contribution in [0.15, 0.2) is 72.1 Å². The topological polar surface area (TPSA) is 81.0 Å². The molecule has 0 saturated carbocycles. The normalized spacial score (nSPS) is 12.6. The molecular formula is C25H21N5O2S. The summed E-state index contributed by atoms with van der Waals surface area (Å²) in [5.41, 5.74) is 5.54. The van der Waals surface area contributed by atoms with Crippen LogP contribution in [0.3, 0.4) is 0 Å². The van der Waals surface area contributed by atoms with Crippen LogP contribution in [0.25, 0.3) is 17.1 Å². The van der Waals surface area contributed by atoms with Crippen molar-refractivity contribution in [2.45, 2.75) is 18.5 Å². The van der Waals surface area contributed by atoms with Gasteiger partial charge < -0.3 is 4.90 Å². The van der Waals surface area contributed by atoms with Gasteiger partial charge in [-0.15, -0.1) is 10.2 Å². The van der Waals surface area contributed by atoms with Crippen molar-refractivity contribution in [1.82, 2.24) is 19.7 Å². The zero-order valence-corrected chi connectivity index (χ0v) is 18.8. The predicted molar refractivity (Wildman–Crippen MR) is 128 cm³/mol. The standard InChI is InChI=1S/C25H21N5O2S/c1-17-2-5-21(6-3-17)30-24(18-8-11-26-12-9-18)27-28-25(30)33-15-23(32)20-4-7-22-19(14-20)10-13-29(22)16-31/h2-9,11-12,14,16H,10,13,15H2,1H3. The van der Waals surface area contributed by atoms with Crippen LogP contribution >= 0.6 is 11.8 Å². The molecule has 2 aromatic heterocycles. The van der Waals surface area contributed by atoms with E-state index in [1.807, 2.05) is 60.0 Å². The Balaban J connectivity index is 1.42. The Hall–Kier alpha value is -3.78. The number of rotatable bonds is 7. The maximum atomic E-state index is 13.0. The molecule has 164 valence electrons. The molecule has 0 bridgehead atoms. The lowest BCUT2D eigenvalue weighted by Crippen LogP contribution is -2.17. The zero-order valence-electron chi connectivity index (χ0n) is 18.0. The van der Waals surface area contributed by atoms with Gasteiger partial charge in [0.2, 0.25) is 6.41 Å². The first-order chi connectivity index (χ1) is 16.1. The molecule has 3 heterocycles. The van der Waals surface area contributed by atoms with E-state index in [1.54, 1.807) is 23.4 Å². The van der Waals surface area contributed by atoms with Crippen LogP contribution in [0, 0.1) is 6.92 Å². The summed E-state index contributed by atoms with van der Waals surface area (Å²) < 4.78 is 1.97. The molecule has 7 nitrogen and oxygen atoms in total. The molecule has 5 rings (SSSR count). The summed E-state index contributed by atoms with van der Waals surface area (Å²) in [7, 11) is 0. The molecule has 33 heavy (non-hydrogen) atoms. The van der Waals surface area contributed by atoms with E-state index in [2.05, 4.69) is 15.2 Å². The minimum atomic E-state index is 0.0104. The Morgan fingerprint density at radius 3 is 2.61 bits per heavy atom. The number of benzene rings is 2. The van der Waals surface area contributed by atoms with Gasteiger partial charge in [-0.2, -0.15) is 0 Å². The molecule has 1 aliphatic rings. The lowest BCUT2D eigenvalue weighted by molar-refractivity contribution is -0.107. The zero-order chi connectivity index (χ0) is 22.8. The Labute approximate surface area is 195 Å². The maximum absolute atomic E-state index is 13.0. The van der Waals surface area contributed by atoms with Crippen molar-refractivity contribution >= 4 is 29.6 Å².